The molecule has 1 atom stereocenters. The molecule has 0 aliphatic carbocycles. The van der Waals surface area contributed by atoms with Gasteiger partial charge in [0.25, 0.3) is 0 Å². The Morgan fingerprint density at radius 2 is 2.40 bits per heavy atom. The van der Waals surface area contributed by atoms with Crippen LogP contribution in [-0.2, 0) is 17.8 Å². The minimum atomic E-state index is -0.209. The first-order valence-corrected chi connectivity index (χ1v) is 7.15. The number of aliphatic hydroxyl groups is 1. The number of carbonyl (C=O) groups excluding carboxylic acids is 1. The Morgan fingerprint density at radius 1 is 1.60 bits per heavy atom. The first kappa shape index (κ1) is 15.0. The van der Waals surface area contributed by atoms with E-state index in [9.17, 15) is 4.79 Å². The lowest BCUT2D eigenvalue weighted by Crippen LogP contribution is -2.49. The first-order valence-electron chi connectivity index (χ1n) is 7.15. The molecular weight excluding hydrogens is 256 g/mol. The van der Waals surface area contributed by atoms with Gasteiger partial charge in [0.15, 0.2) is 0 Å². The third-order valence-electron chi connectivity index (χ3n) is 3.80. The van der Waals surface area contributed by atoms with Crippen molar-refractivity contribution >= 4 is 5.91 Å². The van der Waals surface area contributed by atoms with Gasteiger partial charge in [0.05, 0.1) is 23.8 Å². The van der Waals surface area contributed by atoms with Crippen molar-refractivity contribution in [3.8, 4) is 0 Å². The molecule has 1 aliphatic heterocycles. The van der Waals surface area contributed by atoms with Crippen molar-refractivity contribution in [1.29, 1.82) is 0 Å². The highest BCUT2D eigenvalue weighted by Gasteiger charge is 2.27. The summed E-state index contributed by atoms with van der Waals surface area (Å²) in [7, 11) is 0. The van der Waals surface area contributed by atoms with Crippen LogP contribution in [0.5, 0.6) is 0 Å². The number of H-pyrrole nitrogens is 1. The number of carbonyl (C=O) groups is 1. The number of aromatic nitrogens is 2. The number of rotatable bonds is 6. The number of hydrogen-bond donors (Lipinski definition) is 4. The van der Waals surface area contributed by atoms with E-state index in [0.717, 1.165) is 24.2 Å². The van der Waals surface area contributed by atoms with Gasteiger partial charge in [-0.2, -0.15) is 0 Å². The van der Waals surface area contributed by atoms with Crippen LogP contribution in [0.25, 0.3) is 0 Å². The summed E-state index contributed by atoms with van der Waals surface area (Å²) in [6.07, 6.45) is 3.96. The number of nitrogens with one attached hydrogen (secondary N) is 3. The van der Waals surface area contributed by atoms with E-state index >= 15 is 0 Å². The van der Waals surface area contributed by atoms with Crippen molar-refractivity contribution < 1.29 is 9.90 Å². The summed E-state index contributed by atoms with van der Waals surface area (Å²) in [6, 6.07) is -0.209. The number of imidazole rings is 1. The number of aromatic amines is 1. The third-order valence-corrected chi connectivity index (χ3v) is 3.80. The second-order valence-corrected chi connectivity index (χ2v) is 6.17. The van der Waals surface area contributed by atoms with Gasteiger partial charge in [0.1, 0.15) is 0 Å². The summed E-state index contributed by atoms with van der Waals surface area (Å²) in [5, 5.41) is 15.1. The zero-order chi connectivity index (χ0) is 14.6. The lowest BCUT2D eigenvalue weighted by Gasteiger charge is -2.27. The summed E-state index contributed by atoms with van der Waals surface area (Å²) in [6.45, 7) is 5.67. The highest BCUT2D eigenvalue weighted by atomic mass is 16.2. The van der Waals surface area contributed by atoms with Crippen LogP contribution in [0.2, 0.25) is 0 Å². The molecule has 0 saturated carbocycles. The maximum Gasteiger partial charge on any atom is 0.237 e. The molecule has 0 saturated heterocycles. The molecule has 0 spiro atoms. The Morgan fingerprint density at radius 3 is 3.15 bits per heavy atom. The van der Waals surface area contributed by atoms with E-state index in [2.05, 4.69) is 34.4 Å². The standard InChI is InChI=1S/C14H24N4O2/c1-14(2,4-3-5-19)8-16-13(20)11-6-10-12(7-15-11)18-9-17-10/h9,11,15,19H,3-8H2,1-2H3,(H,16,20)(H,17,18). The van der Waals surface area contributed by atoms with Crippen LogP contribution >= 0.6 is 0 Å². The maximum atomic E-state index is 12.2. The number of nitrogens with zero attached hydrogens (tertiary/aromatic N) is 1. The maximum absolute atomic E-state index is 12.2. The molecule has 6 heteroatoms. The van der Waals surface area contributed by atoms with Crippen LogP contribution in [-0.4, -0.2) is 40.2 Å². The molecule has 1 unspecified atom stereocenters. The third kappa shape index (κ3) is 3.80. The second kappa shape index (κ2) is 6.37. The van der Waals surface area contributed by atoms with E-state index in [-0.39, 0.29) is 24.0 Å². The Hall–Kier alpha value is -1.40. The van der Waals surface area contributed by atoms with Crippen molar-refractivity contribution in [1.82, 2.24) is 20.6 Å². The Labute approximate surface area is 119 Å². The van der Waals surface area contributed by atoms with Gasteiger partial charge in [-0.15, -0.1) is 0 Å². The van der Waals surface area contributed by atoms with Crippen LogP contribution in [0, 0.1) is 5.41 Å². The van der Waals surface area contributed by atoms with E-state index in [4.69, 9.17) is 5.11 Å². The molecule has 4 N–H and O–H groups in total. The minimum absolute atomic E-state index is 0.00452. The van der Waals surface area contributed by atoms with E-state index in [0.29, 0.717) is 19.5 Å². The van der Waals surface area contributed by atoms with E-state index in [1.54, 1.807) is 6.33 Å². The molecular formula is C14H24N4O2. The van der Waals surface area contributed by atoms with Crippen molar-refractivity contribution in [2.24, 2.45) is 5.41 Å². The number of hydrogen-bond acceptors (Lipinski definition) is 4. The molecule has 2 rings (SSSR count). The quantitative estimate of drug-likeness (QED) is 0.605. The summed E-state index contributed by atoms with van der Waals surface area (Å²) < 4.78 is 0. The summed E-state index contributed by atoms with van der Waals surface area (Å²) in [5.74, 6) is 0.0238. The number of amides is 1. The van der Waals surface area contributed by atoms with Gasteiger partial charge in [0, 0.05) is 26.1 Å². The zero-order valence-corrected chi connectivity index (χ0v) is 12.2. The predicted octanol–water partition coefficient (Wildman–Crippen LogP) is 0.339. The molecule has 0 fully saturated rings. The zero-order valence-electron chi connectivity index (χ0n) is 12.2. The highest BCUT2D eigenvalue weighted by Crippen LogP contribution is 2.21. The van der Waals surface area contributed by atoms with Gasteiger partial charge in [-0.3, -0.25) is 10.1 Å². The predicted molar refractivity (Wildman–Crippen MR) is 76.0 cm³/mol. The number of fused-ring (bicyclic) bond motifs is 1. The Kier molecular flexibility index (Phi) is 4.77. The molecule has 20 heavy (non-hydrogen) atoms. The van der Waals surface area contributed by atoms with E-state index in [1.807, 2.05) is 0 Å². The lowest BCUT2D eigenvalue weighted by atomic mass is 9.87. The van der Waals surface area contributed by atoms with Crippen molar-refractivity contribution in [2.45, 2.75) is 45.7 Å². The topological polar surface area (TPSA) is 90.0 Å². The molecule has 0 aromatic carbocycles. The largest absolute Gasteiger partial charge is 0.396 e. The highest BCUT2D eigenvalue weighted by molar-refractivity contribution is 5.82. The van der Waals surface area contributed by atoms with Crippen molar-refractivity contribution in [2.75, 3.05) is 13.2 Å². The molecule has 1 aromatic rings. The van der Waals surface area contributed by atoms with Gasteiger partial charge in [-0.25, -0.2) is 4.98 Å². The van der Waals surface area contributed by atoms with Gasteiger partial charge < -0.3 is 15.4 Å². The van der Waals surface area contributed by atoms with Crippen molar-refractivity contribution in [3.63, 3.8) is 0 Å². The number of aliphatic hydroxyl groups excluding tert-OH is 1. The van der Waals surface area contributed by atoms with Crippen LogP contribution in [0.3, 0.4) is 0 Å². The molecule has 2 heterocycles. The SMILES string of the molecule is CC(C)(CCCO)CNC(=O)C1Cc2nc[nH]c2CN1. The normalized spacial score (nSPS) is 18.6. The summed E-state index contributed by atoms with van der Waals surface area (Å²) in [4.78, 5) is 19.5. The van der Waals surface area contributed by atoms with Gasteiger partial charge in [-0.05, 0) is 18.3 Å². The van der Waals surface area contributed by atoms with Crippen LogP contribution in [0.4, 0.5) is 0 Å². The Balaban J connectivity index is 1.81. The van der Waals surface area contributed by atoms with Crippen molar-refractivity contribution in [3.05, 3.63) is 17.7 Å². The van der Waals surface area contributed by atoms with Gasteiger partial charge >= 0.3 is 0 Å². The van der Waals surface area contributed by atoms with Gasteiger partial charge in [0.2, 0.25) is 5.91 Å². The van der Waals surface area contributed by atoms with E-state index in [1.165, 1.54) is 0 Å². The van der Waals surface area contributed by atoms with Gasteiger partial charge in [-0.1, -0.05) is 13.8 Å². The Bertz CT molecular complexity index is 456. The molecule has 1 amide bonds. The minimum Gasteiger partial charge on any atom is -0.396 e. The fraction of sp³-hybridized carbons (Fsp3) is 0.714. The van der Waals surface area contributed by atoms with Crippen LogP contribution < -0.4 is 10.6 Å². The molecule has 112 valence electrons. The summed E-state index contributed by atoms with van der Waals surface area (Å²) >= 11 is 0. The molecule has 6 nitrogen and oxygen atoms in total. The average molecular weight is 280 g/mol. The fourth-order valence-corrected chi connectivity index (χ4v) is 2.45. The molecule has 0 bridgehead atoms. The first-order chi connectivity index (χ1) is 9.52. The molecule has 1 aliphatic rings. The van der Waals surface area contributed by atoms with Crippen LogP contribution in [0.15, 0.2) is 6.33 Å². The van der Waals surface area contributed by atoms with E-state index < -0.39 is 0 Å². The smallest absolute Gasteiger partial charge is 0.237 e. The molecule has 1 aromatic heterocycles. The molecule has 0 radical (unpaired) electrons. The lowest BCUT2D eigenvalue weighted by molar-refractivity contribution is -0.123. The fourth-order valence-electron chi connectivity index (χ4n) is 2.45. The average Bonchev–Trinajstić information content (AvgIpc) is 2.90. The summed E-state index contributed by atoms with van der Waals surface area (Å²) in [5.41, 5.74) is 2.05. The second-order valence-electron chi connectivity index (χ2n) is 6.17. The van der Waals surface area contributed by atoms with Crippen LogP contribution in [0.1, 0.15) is 38.1 Å². The monoisotopic (exact) mass is 280 g/mol.